The maximum atomic E-state index is 4.27. The number of fused-ring (bicyclic) bond motifs is 2. The summed E-state index contributed by atoms with van der Waals surface area (Å²) in [6.07, 6.45) is 5.13. The molecule has 0 aliphatic carbocycles. The maximum absolute atomic E-state index is 4.27. The summed E-state index contributed by atoms with van der Waals surface area (Å²) >= 11 is 0. The van der Waals surface area contributed by atoms with Gasteiger partial charge in [-0.1, -0.05) is 0 Å². The third kappa shape index (κ3) is 0.966. The van der Waals surface area contributed by atoms with Crippen LogP contribution in [0.15, 0.2) is 4.99 Å². The number of aliphatic imine (C=N–C) groups is 1. The van der Waals surface area contributed by atoms with Crippen molar-refractivity contribution in [3.05, 3.63) is 0 Å². The molecule has 0 amide bonds. The van der Waals surface area contributed by atoms with Gasteiger partial charge in [0.1, 0.15) is 0 Å². The molecule has 0 aromatic heterocycles. The maximum Gasteiger partial charge on any atom is 0.0276 e. The molecule has 2 atom stereocenters. The molecule has 2 aliphatic rings. The molecule has 10 heavy (non-hydrogen) atoms. The van der Waals surface area contributed by atoms with Gasteiger partial charge in [-0.2, -0.15) is 0 Å². The summed E-state index contributed by atoms with van der Waals surface area (Å²) in [6.45, 7) is 0. The Hall–Kier alpha value is -0.370. The molecular weight excluding hydrogens is 124 g/mol. The van der Waals surface area contributed by atoms with Crippen molar-refractivity contribution in [3.63, 3.8) is 0 Å². The highest BCUT2D eigenvalue weighted by molar-refractivity contribution is 5.86. The summed E-state index contributed by atoms with van der Waals surface area (Å²) in [6, 6.07) is 1.52. The van der Waals surface area contributed by atoms with Gasteiger partial charge in [-0.25, -0.2) is 0 Å². The highest BCUT2D eigenvalue weighted by atomic mass is 15.0. The Kier molecular flexibility index (Phi) is 1.49. The van der Waals surface area contributed by atoms with Crippen LogP contribution in [0, 0.1) is 0 Å². The molecule has 0 aromatic rings. The SMILES string of the molecule is CN=C1CC2CCC(C1)N2. The fourth-order valence-corrected chi connectivity index (χ4v) is 2.06. The van der Waals surface area contributed by atoms with E-state index in [1.54, 1.807) is 0 Å². The van der Waals surface area contributed by atoms with E-state index >= 15 is 0 Å². The summed E-state index contributed by atoms with van der Waals surface area (Å²) in [7, 11) is 1.92. The second-order valence-electron chi connectivity index (χ2n) is 3.34. The third-order valence-electron chi connectivity index (χ3n) is 2.62. The van der Waals surface area contributed by atoms with Crippen LogP contribution in [0.4, 0.5) is 0 Å². The second kappa shape index (κ2) is 2.35. The van der Waals surface area contributed by atoms with Crippen molar-refractivity contribution in [1.82, 2.24) is 5.32 Å². The summed E-state index contributed by atoms with van der Waals surface area (Å²) in [5, 5.41) is 3.57. The van der Waals surface area contributed by atoms with Crippen molar-refractivity contribution < 1.29 is 0 Å². The minimum absolute atomic E-state index is 0.762. The summed E-state index contributed by atoms with van der Waals surface area (Å²) < 4.78 is 0. The average Bonchev–Trinajstić information content (AvgIpc) is 2.30. The van der Waals surface area contributed by atoms with Gasteiger partial charge in [0.15, 0.2) is 0 Å². The van der Waals surface area contributed by atoms with Gasteiger partial charge in [0.2, 0.25) is 0 Å². The molecule has 0 spiro atoms. The highest BCUT2D eigenvalue weighted by Crippen LogP contribution is 2.24. The Morgan fingerprint density at radius 2 is 1.90 bits per heavy atom. The zero-order valence-corrected chi connectivity index (χ0v) is 6.43. The van der Waals surface area contributed by atoms with E-state index in [0.717, 1.165) is 12.1 Å². The molecular formula is C8H14N2. The lowest BCUT2D eigenvalue weighted by Crippen LogP contribution is -2.38. The van der Waals surface area contributed by atoms with Gasteiger partial charge in [-0.15, -0.1) is 0 Å². The molecule has 56 valence electrons. The Morgan fingerprint density at radius 3 is 2.40 bits per heavy atom. The molecule has 0 aromatic carbocycles. The van der Waals surface area contributed by atoms with Gasteiger partial charge >= 0.3 is 0 Å². The Balaban J connectivity index is 2.09. The van der Waals surface area contributed by atoms with Gasteiger partial charge < -0.3 is 5.32 Å². The molecule has 1 N–H and O–H groups in total. The van der Waals surface area contributed by atoms with Gasteiger partial charge in [-0.3, -0.25) is 4.99 Å². The van der Waals surface area contributed by atoms with E-state index in [1.807, 2.05) is 7.05 Å². The second-order valence-corrected chi connectivity index (χ2v) is 3.34. The van der Waals surface area contributed by atoms with Gasteiger partial charge in [0, 0.05) is 37.7 Å². The predicted molar refractivity (Wildman–Crippen MR) is 42.5 cm³/mol. The van der Waals surface area contributed by atoms with E-state index in [1.165, 1.54) is 31.4 Å². The minimum atomic E-state index is 0.762. The van der Waals surface area contributed by atoms with Crippen LogP contribution in [0.25, 0.3) is 0 Å². The smallest absolute Gasteiger partial charge is 0.0276 e. The highest BCUT2D eigenvalue weighted by Gasteiger charge is 2.30. The Bertz CT molecular complexity index is 149. The van der Waals surface area contributed by atoms with E-state index in [0.29, 0.717) is 0 Å². The van der Waals surface area contributed by atoms with E-state index in [-0.39, 0.29) is 0 Å². The Labute approximate surface area is 61.7 Å². The van der Waals surface area contributed by atoms with Crippen molar-refractivity contribution in [2.24, 2.45) is 4.99 Å². The fourth-order valence-electron chi connectivity index (χ4n) is 2.06. The van der Waals surface area contributed by atoms with Gasteiger partial charge in [-0.05, 0) is 12.8 Å². The monoisotopic (exact) mass is 138 g/mol. The zero-order chi connectivity index (χ0) is 6.97. The lowest BCUT2D eigenvalue weighted by molar-refractivity contribution is 0.521. The molecule has 2 saturated heterocycles. The molecule has 2 unspecified atom stereocenters. The zero-order valence-electron chi connectivity index (χ0n) is 6.43. The average molecular weight is 138 g/mol. The first-order valence-electron chi connectivity index (χ1n) is 4.09. The van der Waals surface area contributed by atoms with E-state index < -0.39 is 0 Å². The van der Waals surface area contributed by atoms with Crippen LogP contribution in [0.1, 0.15) is 25.7 Å². The van der Waals surface area contributed by atoms with Crippen molar-refractivity contribution in [3.8, 4) is 0 Å². The first kappa shape index (κ1) is 6.35. The molecule has 0 saturated carbocycles. The lowest BCUT2D eigenvalue weighted by atomic mass is 10.0. The molecule has 2 bridgehead atoms. The van der Waals surface area contributed by atoms with Gasteiger partial charge in [0.25, 0.3) is 0 Å². The molecule has 2 fully saturated rings. The van der Waals surface area contributed by atoms with Crippen LogP contribution in [0.5, 0.6) is 0 Å². The molecule has 2 rings (SSSR count). The number of rotatable bonds is 0. The van der Waals surface area contributed by atoms with Crippen molar-refractivity contribution in [1.29, 1.82) is 0 Å². The van der Waals surface area contributed by atoms with Crippen LogP contribution in [0.2, 0.25) is 0 Å². The first-order valence-corrected chi connectivity index (χ1v) is 4.09. The van der Waals surface area contributed by atoms with E-state index in [9.17, 15) is 0 Å². The quantitative estimate of drug-likeness (QED) is 0.530. The lowest BCUT2D eigenvalue weighted by Gasteiger charge is -2.21. The van der Waals surface area contributed by atoms with Crippen molar-refractivity contribution >= 4 is 5.71 Å². The van der Waals surface area contributed by atoms with Gasteiger partial charge in [0.05, 0.1) is 0 Å². The van der Waals surface area contributed by atoms with Crippen LogP contribution in [-0.2, 0) is 0 Å². The predicted octanol–water partition coefficient (Wildman–Crippen LogP) is 0.972. The molecule has 2 aliphatic heterocycles. The number of nitrogens with zero attached hydrogens (tertiary/aromatic N) is 1. The summed E-state index contributed by atoms with van der Waals surface area (Å²) in [4.78, 5) is 4.27. The summed E-state index contributed by atoms with van der Waals surface area (Å²) in [5.41, 5.74) is 1.42. The molecule has 2 nitrogen and oxygen atoms in total. The van der Waals surface area contributed by atoms with Crippen LogP contribution >= 0.6 is 0 Å². The standard InChI is InChI=1S/C8H14N2/c1-9-8-4-6-2-3-7(5-8)10-6/h6-7,10H,2-5H2,1H3. The third-order valence-corrected chi connectivity index (χ3v) is 2.62. The number of hydrogen-bond donors (Lipinski definition) is 1. The molecule has 2 heterocycles. The van der Waals surface area contributed by atoms with Crippen LogP contribution in [0.3, 0.4) is 0 Å². The number of piperidine rings is 1. The minimum Gasteiger partial charge on any atom is -0.310 e. The molecule has 2 heteroatoms. The normalized spacial score (nSPS) is 38.3. The molecule has 0 radical (unpaired) electrons. The largest absolute Gasteiger partial charge is 0.310 e. The number of nitrogens with one attached hydrogen (secondary N) is 1. The summed E-state index contributed by atoms with van der Waals surface area (Å²) in [5.74, 6) is 0. The van der Waals surface area contributed by atoms with Crippen LogP contribution < -0.4 is 5.32 Å². The van der Waals surface area contributed by atoms with E-state index in [2.05, 4.69) is 10.3 Å². The topological polar surface area (TPSA) is 24.4 Å². The Morgan fingerprint density at radius 1 is 1.30 bits per heavy atom. The fraction of sp³-hybridized carbons (Fsp3) is 0.875. The van der Waals surface area contributed by atoms with Crippen molar-refractivity contribution in [2.75, 3.05) is 7.05 Å². The first-order chi connectivity index (χ1) is 4.88. The van der Waals surface area contributed by atoms with Crippen LogP contribution in [-0.4, -0.2) is 24.8 Å². The van der Waals surface area contributed by atoms with Crippen molar-refractivity contribution in [2.45, 2.75) is 37.8 Å². The van der Waals surface area contributed by atoms with E-state index in [4.69, 9.17) is 0 Å². The number of hydrogen-bond acceptors (Lipinski definition) is 2.